The van der Waals surface area contributed by atoms with E-state index >= 15 is 0 Å². The standard InChI is InChI=1S/C30H33NO2/c1-3-23-16-18-24(19-17-23)21-30(29(32)33-2)20-10-15-27(22-30)31-28(25-11-6-4-7-12-25)26-13-8-5-9-14-26/h4-9,11-14,16-19,27H,3,10,15,20-22H2,1-2H3. The van der Waals surface area contributed by atoms with Crippen molar-refractivity contribution in [3.63, 3.8) is 0 Å². The molecule has 2 unspecified atom stereocenters. The molecule has 3 aromatic carbocycles. The van der Waals surface area contributed by atoms with Gasteiger partial charge >= 0.3 is 5.97 Å². The molecule has 1 aliphatic carbocycles. The molecule has 0 bridgehead atoms. The van der Waals surface area contributed by atoms with E-state index in [1.54, 1.807) is 0 Å². The van der Waals surface area contributed by atoms with Crippen LogP contribution in [0.25, 0.3) is 0 Å². The minimum absolute atomic E-state index is 0.0724. The first kappa shape index (κ1) is 23.0. The first-order valence-electron chi connectivity index (χ1n) is 12.0. The van der Waals surface area contributed by atoms with Crippen LogP contribution in [0.4, 0.5) is 0 Å². The Balaban J connectivity index is 1.67. The maximum absolute atomic E-state index is 13.1. The van der Waals surface area contributed by atoms with Crippen LogP contribution in [0.15, 0.2) is 89.9 Å². The molecule has 1 aliphatic rings. The van der Waals surface area contributed by atoms with Crippen molar-refractivity contribution in [1.29, 1.82) is 0 Å². The molecule has 2 atom stereocenters. The molecule has 0 heterocycles. The predicted octanol–water partition coefficient (Wildman–Crippen LogP) is 6.43. The van der Waals surface area contributed by atoms with Gasteiger partial charge in [-0.2, -0.15) is 0 Å². The smallest absolute Gasteiger partial charge is 0.312 e. The van der Waals surface area contributed by atoms with Crippen LogP contribution in [0.5, 0.6) is 0 Å². The van der Waals surface area contributed by atoms with Gasteiger partial charge in [-0.15, -0.1) is 0 Å². The molecule has 0 aliphatic heterocycles. The lowest BCUT2D eigenvalue weighted by Crippen LogP contribution is -2.41. The zero-order chi connectivity index (χ0) is 23.1. The van der Waals surface area contributed by atoms with E-state index in [2.05, 4.69) is 55.5 Å². The fourth-order valence-corrected chi connectivity index (χ4v) is 5.05. The number of rotatable bonds is 7. The molecule has 1 fully saturated rings. The van der Waals surface area contributed by atoms with E-state index in [4.69, 9.17) is 9.73 Å². The van der Waals surface area contributed by atoms with E-state index < -0.39 is 5.41 Å². The van der Waals surface area contributed by atoms with Crippen molar-refractivity contribution in [3.8, 4) is 0 Å². The van der Waals surface area contributed by atoms with Gasteiger partial charge in [0.05, 0.1) is 24.3 Å². The number of aryl methyl sites for hydroxylation is 1. The number of methoxy groups -OCH3 is 1. The molecule has 3 nitrogen and oxygen atoms in total. The Hall–Kier alpha value is -3.20. The highest BCUT2D eigenvalue weighted by Crippen LogP contribution is 2.42. The fraction of sp³-hybridized carbons (Fsp3) is 0.333. The molecule has 0 spiro atoms. The predicted molar refractivity (Wildman–Crippen MR) is 135 cm³/mol. The highest BCUT2D eigenvalue weighted by Gasteiger charge is 2.44. The van der Waals surface area contributed by atoms with Gasteiger partial charge in [0.1, 0.15) is 0 Å². The van der Waals surface area contributed by atoms with Gasteiger partial charge in [0.15, 0.2) is 0 Å². The molecule has 3 heteroatoms. The lowest BCUT2D eigenvalue weighted by molar-refractivity contribution is -0.155. The number of carbonyl (C=O) groups excluding carboxylic acids is 1. The third-order valence-electron chi connectivity index (χ3n) is 6.82. The summed E-state index contributed by atoms with van der Waals surface area (Å²) >= 11 is 0. The quantitative estimate of drug-likeness (QED) is 0.314. The van der Waals surface area contributed by atoms with Gasteiger partial charge in [-0.05, 0) is 43.2 Å². The third-order valence-corrected chi connectivity index (χ3v) is 6.82. The van der Waals surface area contributed by atoms with Gasteiger partial charge in [-0.1, -0.05) is 98.3 Å². The summed E-state index contributed by atoms with van der Waals surface area (Å²) in [6, 6.07) is 29.4. The molecule has 4 rings (SSSR count). The van der Waals surface area contributed by atoms with E-state index in [-0.39, 0.29) is 12.0 Å². The average molecular weight is 440 g/mol. The Bertz CT molecular complexity index is 1030. The Morgan fingerprint density at radius 1 is 0.909 bits per heavy atom. The lowest BCUT2D eigenvalue weighted by Gasteiger charge is -2.38. The maximum atomic E-state index is 13.1. The first-order chi connectivity index (χ1) is 16.1. The van der Waals surface area contributed by atoms with Crippen LogP contribution < -0.4 is 0 Å². The Morgan fingerprint density at radius 3 is 2.03 bits per heavy atom. The van der Waals surface area contributed by atoms with Crippen LogP contribution in [0.1, 0.15) is 54.9 Å². The lowest BCUT2D eigenvalue weighted by atomic mass is 9.68. The van der Waals surface area contributed by atoms with Crippen LogP contribution >= 0.6 is 0 Å². The zero-order valence-electron chi connectivity index (χ0n) is 19.7. The van der Waals surface area contributed by atoms with Crippen LogP contribution in [-0.2, 0) is 22.4 Å². The first-order valence-corrected chi connectivity index (χ1v) is 12.0. The minimum Gasteiger partial charge on any atom is -0.469 e. The van der Waals surface area contributed by atoms with Gasteiger partial charge in [0.25, 0.3) is 0 Å². The minimum atomic E-state index is -0.534. The summed E-state index contributed by atoms with van der Waals surface area (Å²) in [6.45, 7) is 2.16. The van der Waals surface area contributed by atoms with Crippen LogP contribution in [0.2, 0.25) is 0 Å². The second-order valence-corrected chi connectivity index (χ2v) is 9.08. The molecule has 33 heavy (non-hydrogen) atoms. The van der Waals surface area contributed by atoms with Crippen molar-refractivity contribution >= 4 is 11.7 Å². The summed E-state index contributed by atoms with van der Waals surface area (Å²) in [5.74, 6) is -0.108. The highest BCUT2D eigenvalue weighted by atomic mass is 16.5. The molecule has 0 N–H and O–H groups in total. The Kier molecular flexibility index (Phi) is 7.39. The van der Waals surface area contributed by atoms with Gasteiger partial charge in [-0.3, -0.25) is 9.79 Å². The van der Waals surface area contributed by atoms with E-state index in [9.17, 15) is 4.79 Å². The van der Waals surface area contributed by atoms with Crippen molar-refractivity contribution in [2.75, 3.05) is 7.11 Å². The SMILES string of the molecule is CCc1ccc(CC2(C(=O)OC)CCCC(N=C(c3ccccc3)c3ccccc3)C2)cc1. The third kappa shape index (κ3) is 5.42. The van der Waals surface area contributed by atoms with Crippen LogP contribution in [-0.4, -0.2) is 24.8 Å². The summed E-state index contributed by atoms with van der Waals surface area (Å²) < 4.78 is 5.35. The molecule has 0 amide bonds. The number of hydrogen-bond acceptors (Lipinski definition) is 3. The van der Waals surface area contributed by atoms with E-state index in [1.807, 2.05) is 36.4 Å². The van der Waals surface area contributed by atoms with Crippen molar-refractivity contribution in [2.24, 2.45) is 10.4 Å². The summed E-state index contributed by atoms with van der Waals surface area (Å²) in [4.78, 5) is 18.4. The molecule has 3 aromatic rings. The highest BCUT2D eigenvalue weighted by molar-refractivity contribution is 6.13. The number of nitrogens with zero attached hydrogens (tertiary/aromatic N) is 1. The number of carbonyl (C=O) groups is 1. The molecule has 1 saturated carbocycles. The molecule has 170 valence electrons. The van der Waals surface area contributed by atoms with E-state index in [1.165, 1.54) is 18.2 Å². The average Bonchev–Trinajstić information content (AvgIpc) is 2.88. The summed E-state index contributed by atoms with van der Waals surface area (Å²) in [5.41, 5.74) is 5.17. The van der Waals surface area contributed by atoms with Gasteiger partial charge in [0.2, 0.25) is 0 Å². The second-order valence-electron chi connectivity index (χ2n) is 9.08. The van der Waals surface area contributed by atoms with Crippen LogP contribution in [0.3, 0.4) is 0 Å². The topological polar surface area (TPSA) is 38.7 Å². The van der Waals surface area contributed by atoms with Crippen molar-refractivity contribution in [3.05, 3.63) is 107 Å². The van der Waals surface area contributed by atoms with Gasteiger partial charge in [-0.25, -0.2) is 0 Å². The number of hydrogen-bond donors (Lipinski definition) is 0. The Labute approximate surface area is 197 Å². The van der Waals surface area contributed by atoms with E-state index in [0.717, 1.165) is 42.5 Å². The van der Waals surface area contributed by atoms with Crippen molar-refractivity contribution in [1.82, 2.24) is 0 Å². The number of ether oxygens (including phenoxy) is 1. The number of aliphatic imine (C=N–C) groups is 1. The maximum Gasteiger partial charge on any atom is 0.312 e. The van der Waals surface area contributed by atoms with Crippen LogP contribution in [0, 0.1) is 5.41 Å². The molecular weight excluding hydrogens is 406 g/mol. The largest absolute Gasteiger partial charge is 0.469 e. The number of benzene rings is 3. The van der Waals surface area contributed by atoms with E-state index in [0.29, 0.717) is 12.8 Å². The monoisotopic (exact) mass is 439 g/mol. The molecular formula is C30H33NO2. The zero-order valence-corrected chi connectivity index (χ0v) is 19.7. The second kappa shape index (κ2) is 10.6. The number of esters is 1. The normalized spacial score (nSPS) is 20.1. The summed E-state index contributed by atoms with van der Waals surface area (Å²) in [5, 5.41) is 0. The molecule has 0 aromatic heterocycles. The van der Waals surface area contributed by atoms with Gasteiger partial charge in [0, 0.05) is 11.1 Å². The Morgan fingerprint density at radius 2 is 1.48 bits per heavy atom. The fourth-order valence-electron chi connectivity index (χ4n) is 5.05. The summed E-state index contributed by atoms with van der Waals surface area (Å²) in [6.07, 6.45) is 5.21. The van der Waals surface area contributed by atoms with Crippen molar-refractivity contribution < 1.29 is 9.53 Å². The van der Waals surface area contributed by atoms with Gasteiger partial charge < -0.3 is 4.74 Å². The molecule has 0 saturated heterocycles. The molecule has 0 radical (unpaired) electrons. The van der Waals surface area contributed by atoms with Crippen molar-refractivity contribution in [2.45, 2.75) is 51.5 Å². The summed E-state index contributed by atoms with van der Waals surface area (Å²) in [7, 11) is 1.51.